The third-order valence-corrected chi connectivity index (χ3v) is 2.23. The van der Waals surface area contributed by atoms with Gasteiger partial charge in [0.25, 0.3) is 0 Å². The molecule has 0 radical (unpaired) electrons. The Balaban J connectivity index is 0.00000400. The fraction of sp³-hybridized carbons (Fsp3) is 0.200. The molecule has 0 saturated carbocycles. The predicted molar refractivity (Wildman–Crippen MR) is 50.4 cm³/mol. The minimum absolute atomic E-state index is 0. The second-order valence-corrected chi connectivity index (χ2v) is 3.55. The Kier molecular flexibility index (Phi) is 5.54. The molecule has 0 fully saturated rings. The molecule has 0 amide bonds. The topological polar surface area (TPSA) is 74.6 Å². The van der Waals surface area contributed by atoms with Crippen molar-refractivity contribution in [2.75, 3.05) is 0 Å². The maximum atomic E-state index is 12.5. The molecule has 0 aromatic heterocycles. The molecule has 1 rings (SSSR count). The minimum Gasteiger partial charge on any atom is -0.478 e. The SMILES string of the molecule is O=C(O)c1cc(C(F)(F)F)c(C(=O)O)cc1C(F)(F)F.[Zn]. The van der Waals surface area contributed by atoms with E-state index in [2.05, 4.69) is 0 Å². The van der Waals surface area contributed by atoms with Gasteiger partial charge < -0.3 is 10.2 Å². The summed E-state index contributed by atoms with van der Waals surface area (Å²) in [4.78, 5) is 21.2. The van der Waals surface area contributed by atoms with Gasteiger partial charge in [0.15, 0.2) is 0 Å². The third kappa shape index (κ3) is 4.16. The van der Waals surface area contributed by atoms with Crippen LogP contribution in [0.1, 0.15) is 31.8 Å². The van der Waals surface area contributed by atoms with E-state index < -0.39 is 46.5 Å². The molecular weight excluding hydrogens is 363 g/mol. The van der Waals surface area contributed by atoms with Crippen molar-refractivity contribution >= 4 is 11.9 Å². The third-order valence-electron chi connectivity index (χ3n) is 2.23. The predicted octanol–water partition coefficient (Wildman–Crippen LogP) is 3.12. The molecule has 1 aromatic rings. The van der Waals surface area contributed by atoms with Crippen LogP contribution in [0.4, 0.5) is 26.3 Å². The van der Waals surface area contributed by atoms with Crippen molar-refractivity contribution in [1.82, 2.24) is 0 Å². The summed E-state index contributed by atoms with van der Waals surface area (Å²) in [6, 6.07) is -0.677. The van der Waals surface area contributed by atoms with Crippen LogP contribution < -0.4 is 0 Å². The number of halogens is 6. The van der Waals surface area contributed by atoms with Gasteiger partial charge in [-0.2, -0.15) is 26.3 Å². The first-order valence-corrected chi connectivity index (χ1v) is 4.64. The van der Waals surface area contributed by atoms with E-state index in [1.807, 2.05) is 0 Å². The van der Waals surface area contributed by atoms with Gasteiger partial charge in [-0.3, -0.25) is 0 Å². The summed E-state index contributed by atoms with van der Waals surface area (Å²) in [6.45, 7) is 0. The number of carboxylic acids is 2. The van der Waals surface area contributed by atoms with Crippen molar-refractivity contribution in [1.29, 1.82) is 0 Å². The van der Waals surface area contributed by atoms with E-state index in [1.165, 1.54) is 0 Å². The van der Waals surface area contributed by atoms with Crippen LogP contribution in [-0.4, -0.2) is 22.2 Å². The molecule has 0 atom stereocenters. The van der Waals surface area contributed by atoms with Gasteiger partial charge in [-0.05, 0) is 12.1 Å². The van der Waals surface area contributed by atoms with Crippen molar-refractivity contribution in [3.63, 3.8) is 0 Å². The molecule has 0 unspecified atom stereocenters. The Morgan fingerprint density at radius 3 is 1.14 bits per heavy atom. The van der Waals surface area contributed by atoms with Gasteiger partial charge in [0.05, 0.1) is 22.3 Å². The molecule has 0 saturated heterocycles. The van der Waals surface area contributed by atoms with Gasteiger partial charge in [-0.1, -0.05) is 0 Å². The quantitative estimate of drug-likeness (QED) is 0.622. The molecule has 1 aromatic carbocycles. The molecular formula is C10H4F6O4Zn. The van der Waals surface area contributed by atoms with Crippen LogP contribution in [-0.2, 0) is 31.8 Å². The van der Waals surface area contributed by atoms with Crippen molar-refractivity contribution in [2.24, 2.45) is 0 Å². The van der Waals surface area contributed by atoms with E-state index in [-0.39, 0.29) is 31.6 Å². The smallest absolute Gasteiger partial charge is 0.417 e. The van der Waals surface area contributed by atoms with E-state index in [0.717, 1.165) is 0 Å². The maximum Gasteiger partial charge on any atom is 0.417 e. The number of carbonyl (C=O) groups is 2. The Morgan fingerprint density at radius 2 is 1.00 bits per heavy atom. The van der Waals surface area contributed by atoms with Crippen LogP contribution in [0.15, 0.2) is 12.1 Å². The first kappa shape index (κ1) is 19.4. The average Bonchev–Trinajstić information content (AvgIpc) is 2.24. The summed E-state index contributed by atoms with van der Waals surface area (Å²) in [5.74, 6) is -4.50. The summed E-state index contributed by atoms with van der Waals surface area (Å²) in [5, 5.41) is 17.1. The number of alkyl halides is 6. The van der Waals surface area contributed by atoms with Crippen LogP contribution in [0.5, 0.6) is 0 Å². The molecule has 0 aliphatic heterocycles. The van der Waals surface area contributed by atoms with E-state index in [4.69, 9.17) is 10.2 Å². The Morgan fingerprint density at radius 1 is 0.762 bits per heavy atom. The maximum absolute atomic E-state index is 12.5. The van der Waals surface area contributed by atoms with Crippen molar-refractivity contribution in [3.8, 4) is 0 Å². The molecule has 0 bridgehead atoms. The minimum atomic E-state index is -5.30. The molecule has 112 valence electrons. The van der Waals surface area contributed by atoms with Crippen LogP contribution in [0.25, 0.3) is 0 Å². The molecule has 0 spiro atoms. The second kappa shape index (κ2) is 6.01. The summed E-state index contributed by atoms with van der Waals surface area (Å²) < 4.78 is 75.3. The first-order chi connectivity index (χ1) is 8.85. The standard InChI is InChI=1S/C10H4F6O4.Zn/c11-9(12,13)5-1-3(7(17)18)6(10(14,15)16)2-4(5)8(19)20;/h1-2H,(H,17,18)(H,19,20);. The van der Waals surface area contributed by atoms with Gasteiger partial charge >= 0.3 is 24.3 Å². The van der Waals surface area contributed by atoms with Crippen molar-refractivity contribution < 1.29 is 65.6 Å². The van der Waals surface area contributed by atoms with E-state index in [0.29, 0.717) is 0 Å². The molecule has 21 heavy (non-hydrogen) atoms. The number of rotatable bonds is 2. The van der Waals surface area contributed by atoms with Gasteiger partial charge in [0.2, 0.25) is 0 Å². The summed E-state index contributed by atoms with van der Waals surface area (Å²) in [5.41, 5.74) is -7.27. The number of hydrogen-bond acceptors (Lipinski definition) is 2. The average molecular weight is 368 g/mol. The first-order valence-electron chi connectivity index (χ1n) is 4.64. The van der Waals surface area contributed by atoms with Gasteiger partial charge in [0, 0.05) is 19.5 Å². The van der Waals surface area contributed by atoms with Gasteiger partial charge in [-0.25, -0.2) is 9.59 Å². The van der Waals surface area contributed by atoms with E-state index >= 15 is 0 Å². The van der Waals surface area contributed by atoms with Crippen molar-refractivity contribution in [2.45, 2.75) is 12.4 Å². The summed E-state index contributed by atoms with van der Waals surface area (Å²) >= 11 is 0. The van der Waals surface area contributed by atoms with Crippen LogP contribution in [0.2, 0.25) is 0 Å². The number of benzene rings is 1. The Hall–Kier alpha value is -1.64. The van der Waals surface area contributed by atoms with E-state index in [9.17, 15) is 35.9 Å². The molecule has 0 aliphatic rings. The Bertz CT molecular complexity index is 526. The summed E-state index contributed by atoms with van der Waals surface area (Å²) in [7, 11) is 0. The van der Waals surface area contributed by atoms with E-state index in [1.54, 1.807) is 0 Å². The number of aromatic carboxylic acids is 2. The molecule has 2 N–H and O–H groups in total. The van der Waals surface area contributed by atoms with Crippen molar-refractivity contribution in [3.05, 3.63) is 34.4 Å². The zero-order chi connectivity index (χ0) is 15.9. The Labute approximate surface area is 125 Å². The van der Waals surface area contributed by atoms with Crippen LogP contribution in [0, 0.1) is 0 Å². The molecule has 4 nitrogen and oxygen atoms in total. The number of hydrogen-bond donors (Lipinski definition) is 2. The summed E-state index contributed by atoms with van der Waals surface area (Å²) in [6.07, 6.45) is -10.6. The molecule has 11 heteroatoms. The fourth-order valence-electron chi connectivity index (χ4n) is 1.42. The zero-order valence-electron chi connectivity index (χ0n) is 9.84. The monoisotopic (exact) mass is 366 g/mol. The van der Waals surface area contributed by atoms with Gasteiger partial charge in [-0.15, -0.1) is 0 Å². The normalized spacial score (nSPS) is 11.7. The fourth-order valence-corrected chi connectivity index (χ4v) is 1.42. The largest absolute Gasteiger partial charge is 0.478 e. The molecule has 0 aliphatic carbocycles. The number of carboxylic acid groups (broad SMARTS) is 2. The zero-order valence-corrected chi connectivity index (χ0v) is 12.8. The van der Waals surface area contributed by atoms with Crippen LogP contribution in [0.3, 0.4) is 0 Å². The molecule has 0 heterocycles. The van der Waals surface area contributed by atoms with Crippen LogP contribution >= 0.6 is 0 Å². The second-order valence-electron chi connectivity index (χ2n) is 3.55. The van der Waals surface area contributed by atoms with Gasteiger partial charge in [0.1, 0.15) is 0 Å².